The van der Waals surface area contributed by atoms with Gasteiger partial charge < -0.3 is 20.2 Å². The lowest BCUT2D eigenvalue weighted by molar-refractivity contribution is -0.141. The zero-order valence-electron chi connectivity index (χ0n) is 14.2. The second-order valence-corrected chi connectivity index (χ2v) is 6.57. The zero-order chi connectivity index (χ0) is 19.8. The molecule has 7 nitrogen and oxygen atoms in total. The number of urea groups is 1. The molecule has 2 saturated heterocycles. The van der Waals surface area contributed by atoms with Crippen molar-refractivity contribution in [3.63, 3.8) is 0 Å². The number of hydrogen-bond donors (Lipinski definition) is 2. The van der Waals surface area contributed by atoms with E-state index < -0.39 is 41.6 Å². The standard InChI is InChI=1S/C17H18F3N3O4/c18-17(19,20)11-3-1-2-4-13(11)23-8-6-12(14(23)24)21-16(27)22-7-5-10(9-22)15(25)26/h1-4,10,12H,5-9H2,(H,21,27)(H,25,26). The third-order valence-electron chi connectivity index (χ3n) is 4.83. The summed E-state index contributed by atoms with van der Waals surface area (Å²) in [6.07, 6.45) is -4.10. The SMILES string of the molecule is O=C(O)C1CCN(C(=O)NC2CCN(c3ccccc3C(F)(F)F)C2=O)C1. The molecule has 10 heteroatoms. The Morgan fingerprint density at radius 3 is 2.48 bits per heavy atom. The van der Waals surface area contributed by atoms with Crippen LogP contribution in [0.15, 0.2) is 24.3 Å². The lowest BCUT2D eigenvalue weighted by Crippen LogP contribution is -2.47. The molecule has 0 bridgehead atoms. The fourth-order valence-corrected chi connectivity index (χ4v) is 3.39. The van der Waals surface area contributed by atoms with E-state index in [-0.39, 0.29) is 31.7 Å². The number of carbonyl (C=O) groups is 3. The number of anilines is 1. The molecule has 2 heterocycles. The Balaban J connectivity index is 1.68. The number of halogens is 3. The highest BCUT2D eigenvalue weighted by Crippen LogP contribution is 2.37. The second-order valence-electron chi connectivity index (χ2n) is 6.57. The minimum absolute atomic E-state index is 0.0443. The topological polar surface area (TPSA) is 89.9 Å². The number of aliphatic carboxylic acids is 1. The molecule has 3 amide bonds. The number of hydrogen-bond acceptors (Lipinski definition) is 3. The number of carboxylic acid groups (broad SMARTS) is 1. The molecule has 3 rings (SSSR count). The first-order valence-corrected chi connectivity index (χ1v) is 8.44. The van der Waals surface area contributed by atoms with Crippen LogP contribution in [0.1, 0.15) is 18.4 Å². The second kappa shape index (κ2) is 7.09. The van der Waals surface area contributed by atoms with Gasteiger partial charge in [0.05, 0.1) is 17.2 Å². The minimum Gasteiger partial charge on any atom is -0.481 e. The summed E-state index contributed by atoms with van der Waals surface area (Å²) in [5.74, 6) is -2.25. The Labute approximate surface area is 152 Å². The van der Waals surface area contributed by atoms with Crippen LogP contribution >= 0.6 is 0 Å². The van der Waals surface area contributed by atoms with Crippen molar-refractivity contribution in [2.45, 2.75) is 25.1 Å². The summed E-state index contributed by atoms with van der Waals surface area (Å²) in [5.41, 5.74) is -1.15. The van der Waals surface area contributed by atoms with Crippen LogP contribution in [0.3, 0.4) is 0 Å². The highest BCUT2D eigenvalue weighted by molar-refractivity contribution is 6.01. The summed E-state index contributed by atoms with van der Waals surface area (Å²) in [5, 5.41) is 11.5. The van der Waals surface area contributed by atoms with Crippen molar-refractivity contribution in [2.75, 3.05) is 24.5 Å². The van der Waals surface area contributed by atoms with Crippen LogP contribution in [0.4, 0.5) is 23.7 Å². The number of carboxylic acids is 1. The van der Waals surface area contributed by atoms with E-state index in [1.54, 1.807) is 0 Å². The van der Waals surface area contributed by atoms with Gasteiger partial charge in [0.2, 0.25) is 5.91 Å². The van der Waals surface area contributed by atoms with E-state index >= 15 is 0 Å². The fraction of sp³-hybridized carbons (Fsp3) is 0.471. The van der Waals surface area contributed by atoms with Crippen LogP contribution in [0.2, 0.25) is 0 Å². The predicted molar refractivity (Wildman–Crippen MR) is 88.0 cm³/mol. The number of carbonyl (C=O) groups excluding carboxylic acids is 2. The number of para-hydroxylation sites is 1. The van der Waals surface area contributed by atoms with Gasteiger partial charge in [0.1, 0.15) is 6.04 Å². The molecule has 2 aliphatic rings. The van der Waals surface area contributed by atoms with Gasteiger partial charge in [-0.25, -0.2) is 4.79 Å². The largest absolute Gasteiger partial charge is 0.481 e. The third kappa shape index (κ3) is 3.83. The number of amides is 3. The van der Waals surface area contributed by atoms with E-state index in [1.165, 1.54) is 23.1 Å². The van der Waals surface area contributed by atoms with Gasteiger partial charge >= 0.3 is 18.2 Å². The molecule has 2 atom stereocenters. The molecule has 0 aromatic heterocycles. The Kier molecular flexibility index (Phi) is 4.99. The monoisotopic (exact) mass is 385 g/mol. The minimum atomic E-state index is -4.60. The van der Waals surface area contributed by atoms with Gasteiger partial charge in [-0.1, -0.05) is 12.1 Å². The van der Waals surface area contributed by atoms with E-state index in [4.69, 9.17) is 5.11 Å². The predicted octanol–water partition coefficient (Wildman–Crippen LogP) is 1.93. The molecular weight excluding hydrogens is 367 g/mol. The van der Waals surface area contributed by atoms with Crippen LogP contribution in [0.5, 0.6) is 0 Å². The van der Waals surface area contributed by atoms with E-state index in [0.717, 1.165) is 11.0 Å². The molecule has 0 saturated carbocycles. The first-order valence-electron chi connectivity index (χ1n) is 8.44. The highest BCUT2D eigenvalue weighted by Gasteiger charge is 2.41. The van der Waals surface area contributed by atoms with Gasteiger partial charge in [0.25, 0.3) is 0 Å². The molecule has 146 valence electrons. The summed E-state index contributed by atoms with van der Waals surface area (Å²) in [6, 6.07) is 3.28. The van der Waals surface area contributed by atoms with Gasteiger partial charge in [-0.05, 0) is 25.0 Å². The molecule has 1 aromatic rings. The normalized spacial score (nSPS) is 23.0. The quantitative estimate of drug-likeness (QED) is 0.832. The van der Waals surface area contributed by atoms with Crippen molar-refractivity contribution >= 4 is 23.6 Å². The van der Waals surface area contributed by atoms with Crippen LogP contribution in [0.25, 0.3) is 0 Å². The van der Waals surface area contributed by atoms with Crippen LogP contribution in [-0.4, -0.2) is 53.6 Å². The molecule has 2 unspecified atom stereocenters. The summed E-state index contributed by atoms with van der Waals surface area (Å²) in [7, 11) is 0. The Morgan fingerprint density at radius 2 is 1.85 bits per heavy atom. The molecule has 0 spiro atoms. The first kappa shape index (κ1) is 19.0. The van der Waals surface area contributed by atoms with E-state index in [9.17, 15) is 27.6 Å². The molecule has 0 radical (unpaired) electrons. The third-order valence-corrected chi connectivity index (χ3v) is 4.83. The molecule has 27 heavy (non-hydrogen) atoms. The summed E-state index contributed by atoms with van der Waals surface area (Å²) in [4.78, 5) is 38.1. The van der Waals surface area contributed by atoms with E-state index in [1.807, 2.05) is 0 Å². The van der Waals surface area contributed by atoms with Crippen LogP contribution in [-0.2, 0) is 15.8 Å². The molecule has 2 aliphatic heterocycles. The lowest BCUT2D eigenvalue weighted by atomic mass is 10.1. The average molecular weight is 385 g/mol. The summed E-state index contributed by atoms with van der Waals surface area (Å²) in [6.45, 7) is 0.349. The zero-order valence-corrected chi connectivity index (χ0v) is 14.2. The molecular formula is C17H18F3N3O4. The van der Waals surface area contributed by atoms with Gasteiger partial charge in [0.15, 0.2) is 0 Å². The fourth-order valence-electron chi connectivity index (χ4n) is 3.39. The Morgan fingerprint density at radius 1 is 1.15 bits per heavy atom. The van der Waals surface area contributed by atoms with Gasteiger partial charge in [-0.15, -0.1) is 0 Å². The lowest BCUT2D eigenvalue weighted by Gasteiger charge is -2.23. The molecule has 0 aliphatic carbocycles. The van der Waals surface area contributed by atoms with Crippen molar-refractivity contribution in [3.8, 4) is 0 Å². The van der Waals surface area contributed by atoms with Gasteiger partial charge in [-0.2, -0.15) is 13.2 Å². The van der Waals surface area contributed by atoms with E-state index in [0.29, 0.717) is 6.42 Å². The molecule has 1 aromatic carbocycles. The number of alkyl halides is 3. The van der Waals surface area contributed by atoms with Crippen LogP contribution < -0.4 is 10.2 Å². The molecule has 2 fully saturated rings. The Hall–Kier alpha value is -2.78. The van der Waals surface area contributed by atoms with Gasteiger partial charge in [-0.3, -0.25) is 9.59 Å². The van der Waals surface area contributed by atoms with Crippen LogP contribution in [0, 0.1) is 5.92 Å². The van der Waals surface area contributed by atoms with Crippen molar-refractivity contribution in [2.24, 2.45) is 5.92 Å². The number of nitrogens with one attached hydrogen (secondary N) is 1. The highest BCUT2D eigenvalue weighted by atomic mass is 19.4. The number of benzene rings is 1. The maximum absolute atomic E-state index is 13.2. The molecule has 2 N–H and O–H groups in total. The summed E-state index contributed by atoms with van der Waals surface area (Å²) < 4.78 is 39.5. The average Bonchev–Trinajstić information content (AvgIpc) is 3.22. The van der Waals surface area contributed by atoms with Crippen molar-refractivity contribution in [1.29, 1.82) is 0 Å². The number of rotatable bonds is 3. The van der Waals surface area contributed by atoms with E-state index in [2.05, 4.69) is 5.32 Å². The number of likely N-dealkylation sites (tertiary alicyclic amines) is 1. The van der Waals surface area contributed by atoms with Crippen molar-refractivity contribution < 1.29 is 32.7 Å². The maximum atomic E-state index is 13.2. The van der Waals surface area contributed by atoms with Crippen molar-refractivity contribution in [3.05, 3.63) is 29.8 Å². The Bertz CT molecular complexity index is 768. The number of nitrogens with zero attached hydrogens (tertiary/aromatic N) is 2. The summed E-state index contributed by atoms with van der Waals surface area (Å²) >= 11 is 0. The van der Waals surface area contributed by atoms with Crippen molar-refractivity contribution in [1.82, 2.24) is 10.2 Å². The smallest absolute Gasteiger partial charge is 0.418 e. The van der Waals surface area contributed by atoms with Gasteiger partial charge in [0, 0.05) is 19.6 Å². The maximum Gasteiger partial charge on any atom is 0.418 e. The first-order chi connectivity index (χ1) is 12.7.